The van der Waals surface area contributed by atoms with E-state index >= 15 is 0 Å². The fourth-order valence-electron chi connectivity index (χ4n) is 1.88. The van der Waals surface area contributed by atoms with E-state index in [4.69, 9.17) is 14.2 Å². The lowest BCUT2D eigenvalue weighted by atomic mass is 10.2. The van der Waals surface area contributed by atoms with Crippen LogP contribution in [0.3, 0.4) is 0 Å². The molecule has 5 heteroatoms. The van der Waals surface area contributed by atoms with E-state index in [1.807, 2.05) is 39.0 Å². The Morgan fingerprint density at radius 3 is 2.64 bits per heavy atom. The summed E-state index contributed by atoms with van der Waals surface area (Å²) in [7, 11) is 1.60. The molecule has 1 rings (SSSR count). The molecule has 1 aromatic rings. The highest BCUT2D eigenvalue weighted by molar-refractivity contribution is 5.81. The molecule has 1 atom stereocenters. The van der Waals surface area contributed by atoms with Gasteiger partial charge in [-0.2, -0.15) is 0 Å². The Morgan fingerprint density at radius 1 is 1.27 bits per heavy atom. The highest BCUT2D eigenvalue weighted by Gasteiger charge is 2.17. The van der Waals surface area contributed by atoms with Crippen LogP contribution in [0.15, 0.2) is 24.3 Å². The van der Waals surface area contributed by atoms with E-state index in [1.165, 1.54) is 0 Å². The lowest BCUT2D eigenvalue weighted by Crippen LogP contribution is -2.38. The van der Waals surface area contributed by atoms with Gasteiger partial charge in [-0.15, -0.1) is 0 Å². The van der Waals surface area contributed by atoms with E-state index in [9.17, 15) is 4.79 Å². The zero-order valence-electron chi connectivity index (χ0n) is 13.9. The van der Waals surface area contributed by atoms with Crippen LogP contribution in [0.5, 0.6) is 11.5 Å². The second-order valence-electron chi connectivity index (χ2n) is 5.26. The average Bonchev–Trinajstić information content (AvgIpc) is 2.52. The topological polar surface area (TPSA) is 56.8 Å². The molecule has 0 aliphatic heterocycles. The molecular weight excluding hydrogens is 282 g/mol. The number of nitrogens with one attached hydrogen (secondary N) is 1. The molecule has 0 unspecified atom stereocenters. The number of hydrogen-bond acceptors (Lipinski definition) is 4. The summed E-state index contributed by atoms with van der Waals surface area (Å²) in [6.07, 6.45) is 1.11. The van der Waals surface area contributed by atoms with Gasteiger partial charge in [0.25, 0.3) is 5.91 Å². The average molecular weight is 309 g/mol. The van der Waals surface area contributed by atoms with E-state index in [0.717, 1.165) is 6.42 Å². The predicted octanol–water partition coefficient (Wildman–Crippen LogP) is 2.78. The zero-order valence-corrected chi connectivity index (χ0v) is 13.9. The van der Waals surface area contributed by atoms with Crippen molar-refractivity contribution in [2.24, 2.45) is 0 Å². The Balaban J connectivity index is 2.40. The molecule has 0 fully saturated rings. The van der Waals surface area contributed by atoms with Crippen LogP contribution in [-0.2, 0) is 9.53 Å². The maximum Gasteiger partial charge on any atom is 0.261 e. The molecule has 0 aliphatic carbocycles. The Labute approximate surface area is 132 Å². The normalized spacial score (nSPS) is 12.0. The van der Waals surface area contributed by atoms with Crippen LogP contribution in [0.1, 0.15) is 33.6 Å². The summed E-state index contributed by atoms with van der Waals surface area (Å²) < 4.78 is 16.3. The van der Waals surface area contributed by atoms with Gasteiger partial charge in [0.05, 0.1) is 13.2 Å². The summed E-state index contributed by atoms with van der Waals surface area (Å²) in [5, 5.41) is 2.88. The summed E-state index contributed by atoms with van der Waals surface area (Å²) in [6, 6.07) is 7.26. The van der Waals surface area contributed by atoms with Crippen LogP contribution < -0.4 is 14.8 Å². The minimum absolute atomic E-state index is 0.102. The minimum atomic E-state index is -0.502. The molecule has 1 N–H and O–H groups in total. The maximum absolute atomic E-state index is 12.1. The first kappa shape index (κ1) is 18.3. The molecule has 22 heavy (non-hydrogen) atoms. The van der Waals surface area contributed by atoms with Crippen LogP contribution in [0, 0.1) is 0 Å². The monoisotopic (exact) mass is 309 g/mol. The van der Waals surface area contributed by atoms with Gasteiger partial charge in [-0.3, -0.25) is 4.79 Å². The van der Waals surface area contributed by atoms with Gasteiger partial charge in [-0.1, -0.05) is 13.0 Å². The molecule has 0 saturated heterocycles. The summed E-state index contributed by atoms with van der Waals surface area (Å²) in [5.41, 5.74) is 0. The van der Waals surface area contributed by atoms with Crippen molar-refractivity contribution in [2.45, 2.75) is 45.8 Å². The van der Waals surface area contributed by atoms with E-state index in [2.05, 4.69) is 5.32 Å². The van der Waals surface area contributed by atoms with Crippen LogP contribution in [0.2, 0.25) is 0 Å². The molecule has 0 heterocycles. The van der Waals surface area contributed by atoms with E-state index in [-0.39, 0.29) is 12.0 Å². The Bertz CT molecular complexity index is 448. The number of carbonyl (C=O) groups is 1. The van der Waals surface area contributed by atoms with Crippen molar-refractivity contribution < 1.29 is 19.0 Å². The van der Waals surface area contributed by atoms with Gasteiger partial charge in [-0.25, -0.2) is 0 Å². The molecular formula is C17H27NO4. The van der Waals surface area contributed by atoms with Gasteiger partial charge >= 0.3 is 0 Å². The number of benzene rings is 1. The fourth-order valence-corrected chi connectivity index (χ4v) is 1.88. The SMILES string of the molecule is CC[C@H](Oc1cccc(OC)c1)C(=O)NCCCOC(C)C. The van der Waals surface area contributed by atoms with Crippen molar-refractivity contribution in [3.8, 4) is 11.5 Å². The Hall–Kier alpha value is -1.75. The number of amides is 1. The maximum atomic E-state index is 12.1. The van der Waals surface area contributed by atoms with Gasteiger partial charge < -0.3 is 19.5 Å². The van der Waals surface area contributed by atoms with Crippen molar-refractivity contribution in [3.63, 3.8) is 0 Å². The van der Waals surface area contributed by atoms with Crippen molar-refractivity contribution in [1.82, 2.24) is 5.32 Å². The fraction of sp³-hybridized carbons (Fsp3) is 0.588. The molecule has 0 aromatic heterocycles. The van der Waals surface area contributed by atoms with E-state index in [1.54, 1.807) is 13.2 Å². The number of hydrogen-bond donors (Lipinski definition) is 1. The molecule has 124 valence electrons. The van der Waals surface area contributed by atoms with Gasteiger partial charge in [0.2, 0.25) is 0 Å². The highest BCUT2D eigenvalue weighted by atomic mass is 16.5. The van der Waals surface area contributed by atoms with E-state index in [0.29, 0.717) is 31.1 Å². The summed E-state index contributed by atoms with van der Waals surface area (Å²) >= 11 is 0. The zero-order chi connectivity index (χ0) is 16.4. The quantitative estimate of drug-likeness (QED) is 0.675. The lowest BCUT2D eigenvalue weighted by Gasteiger charge is -2.17. The second-order valence-corrected chi connectivity index (χ2v) is 5.26. The van der Waals surface area contributed by atoms with Crippen LogP contribution in [-0.4, -0.2) is 38.4 Å². The second kappa shape index (κ2) is 10.1. The van der Waals surface area contributed by atoms with Crippen molar-refractivity contribution in [2.75, 3.05) is 20.3 Å². The molecule has 0 saturated carbocycles. The number of methoxy groups -OCH3 is 1. The molecule has 0 aliphatic rings. The third-order valence-corrected chi connectivity index (χ3v) is 3.05. The Kier molecular flexibility index (Phi) is 8.36. The molecule has 0 radical (unpaired) electrons. The summed E-state index contributed by atoms with van der Waals surface area (Å²) in [6.45, 7) is 7.14. The third kappa shape index (κ3) is 6.80. The van der Waals surface area contributed by atoms with Crippen molar-refractivity contribution >= 4 is 5.91 Å². The van der Waals surface area contributed by atoms with E-state index < -0.39 is 6.10 Å². The largest absolute Gasteiger partial charge is 0.497 e. The number of rotatable bonds is 10. The lowest BCUT2D eigenvalue weighted by molar-refractivity contribution is -0.128. The summed E-state index contributed by atoms with van der Waals surface area (Å²) in [4.78, 5) is 12.1. The first-order chi connectivity index (χ1) is 10.6. The first-order valence-corrected chi connectivity index (χ1v) is 7.76. The predicted molar refractivity (Wildman–Crippen MR) is 86.4 cm³/mol. The highest BCUT2D eigenvalue weighted by Crippen LogP contribution is 2.20. The van der Waals surface area contributed by atoms with Crippen LogP contribution >= 0.6 is 0 Å². The van der Waals surface area contributed by atoms with Crippen molar-refractivity contribution in [1.29, 1.82) is 0 Å². The smallest absolute Gasteiger partial charge is 0.261 e. The van der Waals surface area contributed by atoms with Crippen molar-refractivity contribution in [3.05, 3.63) is 24.3 Å². The molecule has 0 bridgehead atoms. The van der Waals surface area contributed by atoms with Gasteiger partial charge in [0, 0.05) is 19.2 Å². The molecule has 0 spiro atoms. The third-order valence-electron chi connectivity index (χ3n) is 3.05. The van der Waals surface area contributed by atoms with Crippen LogP contribution in [0.25, 0.3) is 0 Å². The van der Waals surface area contributed by atoms with Gasteiger partial charge in [0.1, 0.15) is 11.5 Å². The standard InChI is InChI=1S/C17H27NO4/c1-5-16(17(19)18-10-7-11-21-13(2)3)22-15-9-6-8-14(12-15)20-4/h6,8-9,12-13,16H,5,7,10-11H2,1-4H3,(H,18,19)/t16-/m0/s1. The molecule has 5 nitrogen and oxygen atoms in total. The minimum Gasteiger partial charge on any atom is -0.497 e. The number of carbonyl (C=O) groups excluding carboxylic acids is 1. The molecule has 1 amide bonds. The summed E-state index contributed by atoms with van der Waals surface area (Å²) in [5.74, 6) is 1.23. The van der Waals surface area contributed by atoms with Gasteiger partial charge in [0.15, 0.2) is 6.10 Å². The first-order valence-electron chi connectivity index (χ1n) is 7.76. The van der Waals surface area contributed by atoms with Crippen LogP contribution in [0.4, 0.5) is 0 Å². The molecule has 1 aromatic carbocycles. The number of ether oxygens (including phenoxy) is 3. The Morgan fingerprint density at radius 2 is 2.00 bits per heavy atom. The van der Waals surface area contributed by atoms with Gasteiger partial charge in [-0.05, 0) is 38.8 Å².